The minimum Gasteiger partial charge on any atom is -0.302 e. The van der Waals surface area contributed by atoms with Crippen molar-refractivity contribution in [1.82, 2.24) is 4.90 Å². The van der Waals surface area contributed by atoms with Gasteiger partial charge in [0.05, 0.1) is 6.54 Å². The van der Waals surface area contributed by atoms with Gasteiger partial charge in [-0.2, -0.15) is 0 Å². The summed E-state index contributed by atoms with van der Waals surface area (Å²) in [6.45, 7) is 2.95. The van der Waals surface area contributed by atoms with Gasteiger partial charge in [0.2, 0.25) is 0 Å². The fraction of sp³-hybridized carbons (Fsp3) is 0.917. The number of aldehydes is 1. The van der Waals surface area contributed by atoms with Gasteiger partial charge >= 0.3 is 0 Å². The Labute approximate surface area is 86.7 Å². The molecule has 2 atom stereocenters. The van der Waals surface area contributed by atoms with E-state index >= 15 is 0 Å². The van der Waals surface area contributed by atoms with E-state index in [4.69, 9.17) is 0 Å². The number of nitrogens with zero attached hydrogens (tertiary/aromatic N) is 1. The van der Waals surface area contributed by atoms with Crippen molar-refractivity contribution in [2.45, 2.75) is 57.5 Å². The van der Waals surface area contributed by atoms with Crippen molar-refractivity contribution in [2.24, 2.45) is 5.92 Å². The van der Waals surface area contributed by atoms with Crippen molar-refractivity contribution in [1.29, 1.82) is 0 Å². The molecule has 0 N–H and O–H groups in total. The summed E-state index contributed by atoms with van der Waals surface area (Å²) in [5.74, 6) is 0.945. The van der Waals surface area contributed by atoms with Crippen molar-refractivity contribution >= 4 is 6.29 Å². The number of hydrogen-bond donors (Lipinski definition) is 0. The van der Waals surface area contributed by atoms with Crippen LogP contribution in [0.3, 0.4) is 0 Å². The van der Waals surface area contributed by atoms with Crippen LogP contribution in [-0.4, -0.2) is 29.8 Å². The molecule has 0 aliphatic carbocycles. The largest absolute Gasteiger partial charge is 0.302 e. The third-order valence-electron chi connectivity index (χ3n) is 3.96. The zero-order valence-corrected chi connectivity index (χ0v) is 9.11. The molecule has 0 radical (unpaired) electrons. The summed E-state index contributed by atoms with van der Waals surface area (Å²) >= 11 is 0. The first-order valence-corrected chi connectivity index (χ1v) is 6.04. The topological polar surface area (TPSA) is 20.3 Å². The Morgan fingerprint density at radius 3 is 2.43 bits per heavy atom. The maximum Gasteiger partial charge on any atom is 0.134 e. The van der Waals surface area contributed by atoms with E-state index in [-0.39, 0.29) is 0 Å². The lowest BCUT2D eigenvalue weighted by molar-refractivity contribution is -0.110. The van der Waals surface area contributed by atoms with Crippen molar-refractivity contribution in [3.8, 4) is 0 Å². The molecule has 2 bridgehead atoms. The highest BCUT2D eigenvalue weighted by molar-refractivity contribution is 5.52. The van der Waals surface area contributed by atoms with Gasteiger partial charge in [-0.3, -0.25) is 4.90 Å². The molecule has 2 fully saturated rings. The third kappa shape index (κ3) is 1.85. The summed E-state index contributed by atoms with van der Waals surface area (Å²) in [7, 11) is 0. The van der Waals surface area contributed by atoms with Gasteiger partial charge in [-0.25, -0.2) is 0 Å². The lowest BCUT2D eigenvalue weighted by atomic mass is 9.87. The number of fused-ring (bicyclic) bond motifs is 2. The number of rotatable bonds is 4. The predicted octanol–water partition coefficient (Wildman–Crippen LogP) is 2.23. The normalized spacial score (nSPS) is 37.4. The molecule has 2 aliphatic heterocycles. The number of carbonyl (C=O) groups is 1. The Morgan fingerprint density at radius 2 is 1.93 bits per heavy atom. The summed E-state index contributed by atoms with van der Waals surface area (Å²) in [6.07, 6.45) is 9.14. The molecule has 14 heavy (non-hydrogen) atoms. The van der Waals surface area contributed by atoms with E-state index in [9.17, 15) is 4.79 Å². The van der Waals surface area contributed by atoms with Crippen LogP contribution in [0.2, 0.25) is 0 Å². The van der Waals surface area contributed by atoms with Crippen molar-refractivity contribution in [2.75, 3.05) is 6.54 Å². The summed E-state index contributed by atoms with van der Waals surface area (Å²) in [5.41, 5.74) is 0. The molecular formula is C12H21NO. The Morgan fingerprint density at radius 1 is 1.29 bits per heavy atom. The standard InChI is InChI=1S/C12H21NO/c1-2-3-10-8-11-4-5-12(9-10)13(11)6-7-14/h7,10-12H,2-6,8-9H2,1H3. The van der Waals surface area contributed by atoms with Crippen LogP contribution in [0.4, 0.5) is 0 Å². The second kappa shape index (κ2) is 4.43. The molecule has 2 heteroatoms. The highest BCUT2D eigenvalue weighted by Crippen LogP contribution is 2.39. The van der Waals surface area contributed by atoms with Gasteiger partial charge in [-0.1, -0.05) is 19.8 Å². The highest BCUT2D eigenvalue weighted by atomic mass is 16.1. The van der Waals surface area contributed by atoms with Gasteiger partial charge in [0, 0.05) is 12.1 Å². The van der Waals surface area contributed by atoms with E-state index in [1.54, 1.807) is 0 Å². The second-order valence-corrected chi connectivity index (χ2v) is 4.87. The molecule has 2 aliphatic rings. The smallest absolute Gasteiger partial charge is 0.134 e. The average molecular weight is 195 g/mol. The lowest BCUT2D eigenvalue weighted by Gasteiger charge is -2.37. The summed E-state index contributed by atoms with van der Waals surface area (Å²) in [5, 5.41) is 0. The minimum absolute atomic E-state index is 0.675. The highest BCUT2D eigenvalue weighted by Gasteiger charge is 2.39. The van der Waals surface area contributed by atoms with Crippen LogP contribution in [-0.2, 0) is 4.79 Å². The minimum atomic E-state index is 0.675. The van der Waals surface area contributed by atoms with Gasteiger partial charge < -0.3 is 4.79 Å². The zero-order chi connectivity index (χ0) is 9.97. The average Bonchev–Trinajstić information content (AvgIpc) is 2.44. The first-order chi connectivity index (χ1) is 6.85. The van der Waals surface area contributed by atoms with Crippen molar-refractivity contribution < 1.29 is 4.79 Å². The van der Waals surface area contributed by atoms with E-state index < -0.39 is 0 Å². The van der Waals surface area contributed by atoms with Crippen LogP contribution in [0, 0.1) is 5.92 Å². The summed E-state index contributed by atoms with van der Waals surface area (Å²) in [6, 6.07) is 1.46. The molecule has 0 amide bonds. The maximum absolute atomic E-state index is 10.6. The third-order valence-corrected chi connectivity index (χ3v) is 3.96. The van der Waals surface area contributed by atoms with Crippen LogP contribution < -0.4 is 0 Å². The fourth-order valence-corrected chi connectivity index (χ4v) is 3.41. The molecule has 0 aromatic rings. The molecule has 2 nitrogen and oxygen atoms in total. The number of hydrogen-bond acceptors (Lipinski definition) is 2. The van der Waals surface area contributed by atoms with Crippen LogP contribution in [0.5, 0.6) is 0 Å². The Balaban J connectivity index is 1.94. The molecule has 0 aromatic carbocycles. The summed E-state index contributed by atoms with van der Waals surface area (Å²) in [4.78, 5) is 13.0. The van der Waals surface area contributed by atoms with Crippen LogP contribution in [0.15, 0.2) is 0 Å². The molecule has 0 saturated carbocycles. The Kier molecular flexibility index (Phi) is 3.22. The Hall–Kier alpha value is -0.370. The van der Waals surface area contributed by atoms with E-state index in [1.165, 1.54) is 38.5 Å². The first-order valence-electron chi connectivity index (χ1n) is 6.04. The number of carbonyl (C=O) groups excluding carboxylic acids is 1. The van der Waals surface area contributed by atoms with Crippen LogP contribution in [0.1, 0.15) is 45.4 Å². The quantitative estimate of drug-likeness (QED) is 0.641. The molecule has 0 aromatic heterocycles. The van der Waals surface area contributed by atoms with E-state index in [1.807, 2.05) is 0 Å². The van der Waals surface area contributed by atoms with Crippen LogP contribution >= 0.6 is 0 Å². The fourth-order valence-electron chi connectivity index (χ4n) is 3.41. The van der Waals surface area contributed by atoms with Crippen LogP contribution in [0.25, 0.3) is 0 Å². The van der Waals surface area contributed by atoms with Gasteiger partial charge in [-0.15, -0.1) is 0 Å². The Bertz CT molecular complexity index is 190. The van der Waals surface area contributed by atoms with Gasteiger partial charge in [-0.05, 0) is 31.6 Å². The molecule has 2 rings (SSSR count). The monoisotopic (exact) mass is 195 g/mol. The molecule has 80 valence electrons. The molecule has 2 saturated heterocycles. The van der Waals surface area contributed by atoms with Gasteiger partial charge in [0.15, 0.2) is 0 Å². The van der Waals surface area contributed by atoms with Gasteiger partial charge in [0.1, 0.15) is 6.29 Å². The predicted molar refractivity (Wildman–Crippen MR) is 57.2 cm³/mol. The zero-order valence-electron chi connectivity index (χ0n) is 9.11. The number of piperidine rings is 1. The molecule has 2 unspecified atom stereocenters. The van der Waals surface area contributed by atoms with Gasteiger partial charge in [0.25, 0.3) is 0 Å². The van der Waals surface area contributed by atoms with E-state index in [0.717, 1.165) is 24.3 Å². The second-order valence-electron chi connectivity index (χ2n) is 4.87. The molecule has 2 heterocycles. The SMILES string of the molecule is CCCC1CC2CCC(C1)N2CC=O. The van der Waals surface area contributed by atoms with E-state index in [0.29, 0.717) is 6.54 Å². The maximum atomic E-state index is 10.6. The first kappa shape index (κ1) is 10.2. The van der Waals surface area contributed by atoms with Crippen molar-refractivity contribution in [3.05, 3.63) is 0 Å². The molecule has 0 spiro atoms. The van der Waals surface area contributed by atoms with Crippen molar-refractivity contribution in [3.63, 3.8) is 0 Å². The summed E-state index contributed by atoms with van der Waals surface area (Å²) < 4.78 is 0. The lowest BCUT2D eigenvalue weighted by Crippen LogP contribution is -2.43. The molecular weight excluding hydrogens is 174 g/mol. The van der Waals surface area contributed by atoms with E-state index in [2.05, 4.69) is 11.8 Å².